The number of nitrogens with zero attached hydrogens (tertiary/aromatic N) is 1. The first-order valence-electron chi connectivity index (χ1n) is 21.8. The van der Waals surface area contributed by atoms with Gasteiger partial charge in [0.2, 0.25) is 0 Å². The molecule has 0 saturated carbocycles. The van der Waals surface area contributed by atoms with E-state index in [4.69, 9.17) is 14.2 Å². The van der Waals surface area contributed by atoms with E-state index in [1.54, 1.807) is 21.1 Å². The minimum absolute atomic E-state index is 0.0315. The van der Waals surface area contributed by atoms with E-state index >= 15 is 0 Å². The number of carbonyl (C=O) groups excluding carboxylic acids is 3. The molecule has 55 heavy (non-hydrogen) atoms. The summed E-state index contributed by atoms with van der Waals surface area (Å²) in [5.41, 5.74) is 0. The largest absolute Gasteiger partial charge is 0.544 e. The van der Waals surface area contributed by atoms with Crippen molar-refractivity contribution in [2.75, 3.05) is 41.0 Å². The van der Waals surface area contributed by atoms with Gasteiger partial charge in [0, 0.05) is 19.3 Å². The number of hydrogen-bond acceptors (Lipinski definition) is 7. The molecule has 8 heteroatoms. The van der Waals surface area contributed by atoms with Crippen LogP contribution in [0.3, 0.4) is 0 Å². The first-order chi connectivity index (χ1) is 26.6. The molecule has 0 fully saturated rings. The number of carboxylic acid groups (broad SMARTS) is 1. The molecule has 2 unspecified atom stereocenters. The fourth-order valence-corrected chi connectivity index (χ4v) is 5.98. The lowest BCUT2D eigenvalue weighted by Crippen LogP contribution is -2.55. The number of likely N-dealkylation sites (N-methyl/N-ethyl adjacent to an activating group) is 1. The Balaban J connectivity index is 4.35. The van der Waals surface area contributed by atoms with E-state index < -0.39 is 18.1 Å². The lowest BCUT2D eigenvalue weighted by atomic mass is 10.1. The van der Waals surface area contributed by atoms with Gasteiger partial charge in [-0.3, -0.25) is 9.59 Å². The summed E-state index contributed by atoms with van der Waals surface area (Å²) in [5, 5.41) is 11.6. The summed E-state index contributed by atoms with van der Waals surface area (Å²) in [6, 6.07) is -0.730. The third-order valence-corrected chi connectivity index (χ3v) is 9.39. The van der Waals surface area contributed by atoms with E-state index in [0.717, 1.165) is 89.9 Å². The van der Waals surface area contributed by atoms with Crippen molar-refractivity contribution in [3.8, 4) is 0 Å². The zero-order valence-electron chi connectivity index (χ0n) is 35.8. The van der Waals surface area contributed by atoms with E-state index in [0.29, 0.717) is 12.8 Å². The van der Waals surface area contributed by atoms with Gasteiger partial charge in [-0.1, -0.05) is 139 Å². The Hall–Kier alpha value is -2.97. The summed E-state index contributed by atoms with van der Waals surface area (Å²) < 4.78 is 17.1. The summed E-state index contributed by atoms with van der Waals surface area (Å²) in [4.78, 5) is 36.8. The van der Waals surface area contributed by atoms with Gasteiger partial charge >= 0.3 is 11.9 Å². The Morgan fingerprint density at radius 3 is 1.53 bits per heavy atom. The predicted molar refractivity (Wildman–Crippen MR) is 226 cm³/mol. The Morgan fingerprint density at radius 1 is 0.564 bits per heavy atom. The van der Waals surface area contributed by atoms with Crippen LogP contribution in [0, 0.1) is 0 Å². The van der Waals surface area contributed by atoms with Crippen LogP contribution in [0.4, 0.5) is 0 Å². The fraction of sp³-hybridized carbons (Fsp3) is 0.723. The molecule has 0 aromatic heterocycles. The number of aliphatic carboxylic acids is 1. The summed E-state index contributed by atoms with van der Waals surface area (Å²) in [5.74, 6) is -1.77. The van der Waals surface area contributed by atoms with Gasteiger partial charge in [0.1, 0.15) is 12.6 Å². The van der Waals surface area contributed by atoms with Gasteiger partial charge in [0.05, 0.1) is 40.3 Å². The molecule has 0 bridgehead atoms. The van der Waals surface area contributed by atoms with Crippen LogP contribution >= 0.6 is 0 Å². The smallest absolute Gasteiger partial charge is 0.306 e. The molecular formula is C47H81NO7. The molecule has 8 nitrogen and oxygen atoms in total. The van der Waals surface area contributed by atoms with Gasteiger partial charge in [0.15, 0.2) is 6.10 Å². The molecular weight excluding hydrogens is 691 g/mol. The molecule has 0 aliphatic rings. The van der Waals surface area contributed by atoms with Crippen molar-refractivity contribution in [2.45, 2.75) is 180 Å². The second kappa shape index (κ2) is 37.9. The minimum atomic E-state index is -1.13. The molecule has 0 aromatic rings. The van der Waals surface area contributed by atoms with Gasteiger partial charge in [-0.15, -0.1) is 0 Å². The molecule has 0 aromatic carbocycles. The first kappa shape index (κ1) is 52.0. The fourth-order valence-electron chi connectivity index (χ4n) is 5.98. The van der Waals surface area contributed by atoms with Crippen LogP contribution in [0.1, 0.15) is 168 Å². The summed E-state index contributed by atoms with van der Waals surface area (Å²) in [6.07, 6.45) is 45.3. The van der Waals surface area contributed by atoms with Crippen molar-refractivity contribution in [3.05, 3.63) is 60.8 Å². The summed E-state index contributed by atoms with van der Waals surface area (Å²) in [7, 11) is 5.39. The third-order valence-electron chi connectivity index (χ3n) is 9.39. The van der Waals surface area contributed by atoms with Crippen LogP contribution in [0.15, 0.2) is 60.8 Å². The SMILES string of the molecule is CC/C=C/C/C=C/C/C=C/C/C=C/CCCCCCCCCC(=O)OC(COCCC(C(=O)[O-])[N+](C)(C)C)COC(=O)CCCCCCC/C=C/CCCC. The highest BCUT2D eigenvalue weighted by Crippen LogP contribution is 2.13. The van der Waals surface area contributed by atoms with Gasteiger partial charge in [-0.05, 0) is 70.6 Å². The monoisotopic (exact) mass is 772 g/mol. The number of carbonyl (C=O) groups is 3. The third kappa shape index (κ3) is 36.4. The minimum Gasteiger partial charge on any atom is -0.544 e. The summed E-state index contributed by atoms with van der Waals surface area (Å²) >= 11 is 0. The predicted octanol–water partition coefficient (Wildman–Crippen LogP) is 10.5. The van der Waals surface area contributed by atoms with Gasteiger partial charge < -0.3 is 28.6 Å². The molecule has 0 amide bonds. The van der Waals surface area contributed by atoms with Gasteiger partial charge in [0.25, 0.3) is 0 Å². The van der Waals surface area contributed by atoms with Crippen LogP contribution < -0.4 is 5.11 Å². The molecule has 0 saturated heterocycles. The van der Waals surface area contributed by atoms with Crippen LogP contribution in [0.2, 0.25) is 0 Å². The van der Waals surface area contributed by atoms with Crippen molar-refractivity contribution >= 4 is 17.9 Å². The van der Waals surface area contributed by atoms with Crippen molar-refractivity contribution in [1.29, 1.82) is 0 Å². The van der Waals surface area contributed by atoms with Crippen LogP contribution in [0.25, 0.3) is 0 Å². The highest BCUT2D eigenvalue weighted by atomic mass is 16.6. The number of unbranched alkanes of at least 4 members (excludes halogenated alkanes) is 14. The maximum Gasteiger partial charge on any atom is 0.306 e. The van der Waals surface area contributed by atoms with Crippen LogP contribution in [-0.2, 0) is 28.6 Å². The lowest BCUT2D eigenvalue weighted by Gasteiger charge is -2.34. The zero-order chi connectivity index (χ0) is 40.7. The second-order valence-corrected chi connectivity index (χ2v) is 15.5. The molecule has 0 radical (unpaired) electrons. The highest BCUT2D eigenvalue weighted by Gasteiger charge is 2.25. The van der Waals surface area contributed by atoms with E-state index in [-0.39, 0.29) is 42.7 Å². The number of ether oxygens (including phenoxy) is 3. The molecule has 0 aliphatic carbocycles. The number of hydrogen-bond donors (Lipinski definition) is 0. The topological polar surface area (TPSA) is 102 Å². The number of allylic oxidation sites excluding steroid dienone is 10. The van der Waals surface area contributed by atoms with E-state index in [1.165, 1.54) is 44.9 Å². The summed E-state index contributed by atoms with van der Waals surface area (Å²) in [6.45, 7) is 4.48. The molecule has 0 spiro atoms. The van der Waals surface area contributed by atoms with E-state index in [1.807, 2.05) is 0 Å². The average molecular weight is 772 g/mol. The van der Waals surface area contributed by atoms with Gasteiger partial charge in [-0.25, -0.2) is 0 Å². The Morgan fingerprint density at radius 2 is 1.02 bits per heavy atom. The van der Waals surface area contributed by atoms with Crippen molar-refractivity contribution in [2.24, 2.45) is 0 Å². The zero-order valence-corrected chi connectivity index (χ0v) is 35.8. The molecule has 0 rings (SSSR count). The lowest BCUT2D eigenvalue weighted by molar-refractivity contribution is -0.889. The molecule has 316 valence electrons. The van der Waals surface area contributed by atoms with Gasteiger partial charge in [-0.2, -0.15) is 0 Å². The van der Waals surface area contributed by atoms with Crippen molar-refractivity contribution in [1.82, 2.24) is 0 Å². The average Bonchev–Trinajstić information content (AvgIpc) is 3.14. The Labute approximate surface area is 337 Å². The maximum atomic E-state index is 12.7. The second-order valence-electron chi connectivity index (χ2n) is 15.5. The number of rotatable bonds is 38. The van der Waals surface area contributed by atoms with Crippen molar-refractivity contribution < 1.29 is 38.2 Å². The van der Waals surface area contributed by atoms with Crippen LogP contribution in [0.5, 0.6) is 0 Å². The van der Waals surface area contributed by atoms with E-state index in [2.05, 4.69) is 74.6 Å². The number of carboxylic acids is 1. The maximum absolute atomic E-state index is 12.7. The van der Waals surface area contributed by atoms with Crippen molar-refractivity contribution in [3.63, 3.8) is 0 Å². The van der Waals surface area contributed by atoms with Crippen LogP contribution in [-0.4, -0.2) is 75.5 Å². The quantitative estimate of drug-likeness (QED) is 0.0266. The molecule has 2 atom stereocenters. The molecule has 0 heterocycles. The standard InChI is InChI=1S/C47H81NO7/c1-6-8-10-12-14-16-18-19-20-21-22-23-24-25-26-28-30-32-34-36-38-46(50)55-43(41-53-40-39-44(47(51)52)48(3,4)5)42-54-45(49)37-35-33-31-29-27-17-15-13-11-9-7-2/h8,10,13-16,19-20,22-23,43-44H,6-7,9,11-12,17-18,21,24-42H2,1-5H3/b10-8+,15-13+,16-14+,20-19+,23-22+. The highest BCUT2D eigenvalue weighted by molar-refractivity contribution is 5.70. The first-order valence-corrected chi connectivity index (χ1v) is 21.8. The Kier molecular flexibility index (Phi) is 35.9. The molecule has 0 aliphatic heterocycles. The molecule has 0 N–H and O–H groups in total. The normalized spacial score (nSPS) is 13.5. The number of quaternary nitrogens is 1. The number of esters is 2. The Bertz CT molecular complexity index is 1090. The van der Waals surface area contributed by atoms with E-state index in [9.17, 15) is 19.5 Å².